The van der Waals surface area contributed by atoms with Gasteiger partial charge in [0.05, 0.1) is 22.1 Å². The highest BCUT2D eigenvalue weighted by atomic mass is 16.6. The van der Waals surface area contributed by atoms with E-state index in [9.17, 15) is 0 Å². The molecular weight excluding hydrogens is 715 g/mol. The van der Waals surface area contributed by atoms with Crippen LogP contribution in [-0.2, 0) is 0 Å². The molecule has 4 heterocycles. The number of hydrogen-bond acceptors (Lipinski definition) is 5. The van der Waals surface area contributed by atoms with Crippen molar-refractivity contribution >= 4 is 43.6 Å². The quantitative estimate of drug-likeness (QED) is 0.175. The second kappa shape index (κ2) is 12.8. The van der Waals surface area contributed by atoms with E-state index >= 15 is 0 Å². The van der Waals surface area contributed by atoms with Crippen molar-refractivity contribution < 1.29 is 9.47 Å². The molecule has 7 nitrogen and oxygen atoms in total. The molecule has 8 aromatic carbocycles. The second-order valence-electron chi connectivity index (χ2n) is 14.5. The smallest absolute Gasteiger partial charge is 0.238 e. The molecule has 0 saturated carbocycles. The number of rotatable bonds is 5. The highest BCUT2D eigenvalue weighted by Gasteiger charge is 2.24. The average Bonchev–Trinajstić information content (AvgIpc) is 3.79. The molecule has 11 aromatic rings. The lowest BCUT2D eigenvalue weighted by molar-refractivity contribution is 0.360. The summed E-state index contributed by atoms with van der Waals surface area (Å²) < 4.78 is 17.3. The zero-order valence-corrected chi connectivity index (χ0v) is 31.0. The first-order chi connectivity index (χ1) is 28.7. The van der Waals surface area contributed by atoms with Gasteiger partial charge < -0.3 is 14.0 Å². The van der Waals surface area contributed by atoms with Crippen molar-refractivity contribution in [2.45, 2.75) is 0 Å². The third-order valence-corrected chi connectivity index (χ3v) is 11.0. The van der Waals surface area contributed by atoms with Gasteiger partial charge in [-0.3, -0.25) is 4.57 Å². The molecule has 3 aromatic heterocycles. The van der Waals surface area contributed by atoms with Gasteiger partial charge in [0.15, 0.2) is 34.6 Å². The highest BCUT2D eigenvalue weighted by Crippen LogP contribution is 2.49. The predicted molar refractivity (Wildman–Crippen MR) is 231 cm³/mol. The van der Waals surface area contributed by atoms with Gasteiger partial charge in [-0.15, -0.1) is 0 Å². The first-order valence-electron chi connectivity index (χ1n) is 19.3. The molecule has 58 heavy (non-hydrogen) atoms. The minimum absolute atomic E-state index is 0.568. The Bertz CT molecular complexity index is 3340. The Kier molecular flexibility index (Phi) is 7.09. The van der Waals surface area contributed by atoms with Crippen LogP contribution in [0, 0.1) is 0 Å². The van der Waals surface area contributed by atoms with Crippen molar-refractivity contribution in [3.8, 4) is 68.5 Å². The Labute approximate surface area is 332 Å². The van der Waals surface area contributed by atoms with E-state index in [4.69, 9.17) is 24.4 Å². The van der Waals surface area contributed by atoms with Gasteiger partial charge in [0.1, 0.15) is 0 Å². The summed E-state index contributed by atoms with van der Waals surface area (Å²) in [5.41, 5.74) is 9.33. The summed E-state index contributed by atoms with van der Waals surface area (Å²) in [7, 11) is 0. The lowest BCUT2D eigenvalue weighted by atomic mass is 10.0. The molecule has 12 rings (SSSR count). The summed E-state index contributed by atoms with van der Waals surface area (Å²) in [6.07, 6.45) is 0. The van der Waals surface area contributed by atoms with Gasteiger partial charge in [-0.2, -0.15) is 9.97 Å². The van der Waals surface area contributed by atoms with Crippen LogP contribution in [0.4, 0.5) is 0 Å². The van der Waals surface area contributed by atoms with Gasteiger partial charge in [0, 0.05) is 44.4 Å². The number of fused-ring (bicyclic) bond motifs is 8. The number of benzene rings is 8. The Hall–Kier alpha value is -8.03. The molecular formula is C51H31N5O2. The molecule has 1 aliphatic rings. The molecule has 0 aliphatic carbocycles. The van der Waals surface area contributed by atoms with E-state index in [1.807, 2.05) is 91.0 Å². The van der Waals surface area contributed by atoms with Crippen LogP contribution in [-0.4, -0.2) is 24.1 Å². The predicted octanol–water partition coefficient (Wildman–Crippen LogP) is 13.0. The summed E-state index contributed by atoms with van der Waals surface area (Å²) >= 11 is 0. The number of hydrogen-bond donors (Lipinski definition) is 0. The van der Waals surface area contributed by atoms with Crippen LogP contribution in [0.5, 0.6) is 23.0 Å². The molecule has 7 heteroatoms. The molecule has 0 unspecified atom stereocenters. The van der Waals surface area contributed by atoms with E-state index in [-0.39, 0.29) is 0 Å². The van der Waals surface area contributed by atoms with E-state index < -0.39 is 0 Å². The van der Waals surface area contributed by atoms with E-state index in [0.717, 1.165) is 71.6 Å². The number of ether oxygens (including phenoxy) is 2. The average molecular weight is 746 g/mol. The zero-order chi connectivity index (χ0) is 38.2. The third kappa shape index (κ3) is 5.11. The molecule has 0 saturated heterocycles. The van der Waals surface area contributed by atoms with Crippen LogP contribution in [0.25, 0.3) is 89.2 Å². The molecule has 0 radical (unpaired) electrons. The standard InChI is InChI=1S/C51H31N5O2/c1-4-14-32(15-5-1)49-52-50(33-16-6-2-7-17-33)54-51(53-49)56-41-21-11-10-20-37(41)38-28-34(25-27-43(38)56)35-24-26-42-39(29-35)40-30-47-48(58-46-23-13-12-22-45(46)57-47)31-44(40)55(42)36-18-8-3-9-19-36/h1-31H. The van der Waals surface area contributed by atoms with E-state index in [2.05, 4.69) is 106 Å². The van der Waals surface area contributed by atoms with Gasteiger partial charge in [0.2, 0.25) is 5.95 Å². The van der Waals surface area contributed by atoms with Crippen molar-refractivity contribution in [2.24, 2.45) is 0 Å². The Morgan fingerprint density at radius 3 is 1.43 bits per heavy atom. The van der Waals surface area contributed by atoms with E-state index in [1.54, 1.807) is 0 Å². The third-order valence-electron chi connectivity index (χ3n) is 11.0. The van der Waals surface area contributed by atoms with Crippen molar-refractivity contribution in [3.05, 3.63) is 188 Å². The fraction of sp³-hybridized carbons (Fsp3) is 0. The topological polar surface area (TPSA) is 67.0 Å². The van der Waals surface area contributed by atoms with Gasteiger partial charge >= 0.3 is 0 Å². The molecule has 272 valence electrons. The minimum atomic E-state index is 0.568. The fourth-order valence-electron chi connectivity index (χ4n) is 8.34. The van der Waals surface area contributed by atoms with Crippen molar-refractivity contribution in [1.29, 1.82) is 0 Å². The van der Waals surface area contributed by atoms with Gasteiger partial charge in [0.25, 0.3) is 0 Å². The SMILES string of the molecule is c1ccc(-c2nc(-c3ccccc3)nc(-n3c4ccccc4c4cc(-c5ccc6c(c5)c5cc7c(cc5n6-c5ccccc5)Oc5ccccc5O7)ccc43)n2)cc1. The van der Waals surface area contributed by atoms with Gasteiger partial charge in [-0.25, -0.2) is 4.98 Å². The molecule has 0 amide bonds. The summed E-state index contributed by atoms with van der Waals surface area (Å²) in [5, 5.41) is 4.43. The van der Waals surface area contributed by atoms with Gasteiger partial charge in [-0.05, 0) is 71.8 Å². The maximum atomic E-state index is 6.41. The number of aromatic nitrogens is 5. The highest BCUT2D eigenvalue weighted by molar-refractivity contribution is 6.13. The van der Waals surface area contributed by atoms with Crippen molar-refractivity contribution in [2.75, 3.05) is 0 Å². The van der Waals surface area contributed by atoms with Crippen LogP contribution < -0.4 is 9.47 Å². The number of nitrogens with zero attached hydrogens (tertiary/aromatic N) is 5. The zero-order valence-electron chi connectivity index (χ0n) is 31.0. The molecule has 0 N–H and O–H groups in total. The summed E-state index contributed by atoms with van der Waals surface area (Å²) in [6.45, 7) is 0. The van der Waals surface area contributed by atoms with Crippen LogP contribution in [0.1, 0.15) is 0 Å². The Morgan fingerprint density at radius 1 is 0.310 bits per heavy atom. The normalized spacial score (nSPS) is 12.1. The maximum Gasteiger partial charge on any atom is 0.238 e. The van der Waals surface area contributed by atoms with E-state index in [0.29, 0.717) is 40.6 Å². The van der Waals surface area contributed by atoms with E-state index in [1.165, 1.54) is 0 Å². The second-order valence-corrected chi connectivity index (χ2v) is 14.5. The minimum Gasteiger partial charge on any atom is -0.449 e. The number of para-hydroxylation sites is 4. The van der Waals surface area contributed by atoms with Crippen molar-refractivity contribution in [1.82, 2.24) is 24.1 Å². The maximum absolute atomic E-state index is 6.41. The lowest BCUT2D eigenvalue weighted by Crippen LogP contribution is -2.06. The lowest BCUT2D eigenvalue weighted by Gasteiger charge is -2.20. The first-order valence-corrected chi connectivity index (χ1v) is 19.3. The summed E-state index contributed by atoms with van der Waals surface area (Å²) in [4.78, 5) is 15.2. The summed E-state index contributed by atoms with van der Waals surface area (Å²) in [6, 6.07) is 64.5. The summed E-state index contributed by atoms with van der Waals surface area (Å²) in [5.74, 6) is 4.62. The fourth-order valence-corrected chi connectivity index (χ4v) is 8.34. The van der Waals surface area contributed by atoms with Crippen LogP contribution in [0.15, 0.2) is 188 Å². The Balaban J connectivity index is 1.04. The van der Waals surface area contributed by atoms with Gasteiger partial charge in [-0.1, -0.05) is 121 Å². The van der Waals surface area contributed by atoms with Crippen LogP contribution in [0.2, 0.25) is 0 Å². The largest absolute Gasteiger partial charge is 0.449 e. The first kappa shape index (κ1) is 32.2. The monoisotopic (exact) mass is 745 g/mol. The van der Waals surface area contributed by atoms with Crippen LogP contribution >= 0.6 is 0 Å². The molecule has 0 fully saturated rings. The van der Waals surface area contributed by atoms with Crippen molar-refractivity contribution in [3.63, 3.8) is 0 Å². The molecule has 1 aliphatic heterocycles. The van der Waals surface area contributed by atoms with Crippen LogP contribution in [0.3, 0.4) is 0 Å². The molecule has 0 spiro atoms. The molecule has 0 atom stereocenters. The Morgan fingerprint density at radius 2 is 0.793 bits per heavy atom. The molecule has 0 bridgehead atoms.